The summed E-state index contributed by atoms with van der Waals surface area (Å²) in [5, 5.41) is 0. The van der Waals surface area contributed by atoms with E-state index in [1.807, 2.05) is 0 Å². The summed E-state index contributed by atoms with van der Waals surface area (Å²) in [6, 6.07) is 19.6. The van der Waals surface area contributed by atoms with Gasteiger partial charge in [-0.3, -0.25) is 0 Å². The maximum absolute atomic E-state index is 2.76. The van der Waals surface area contributed by atoms with Crippen molar-refractivity contribution in [1.29, 1.82) is 0 Å². The zero-order valence-electron chi connectivity index (χ0n) is 28.7. The van der Waals surface area contributed by atoms with E-state index in [9.17, 15) is 0 Å². The van der Waals surface area contributed by atoms with Crippen molar-refractivity contribution in [1.82, 2.24) is 0 Å². The van der Waals surface area contributed by atoms with Gasteiger partial charge in [0.15, 0.2) is 0 Å². The first-order valence-corrected chi connectivity index (χ1v) is 17.2. The highest BCUT2D eigenvalue weighted by Gasteiger charge is 2.61. The van der Waals surface area contributed by atoms with E-state index in [4.69, 9.17) is 0 Å². The molecule has 2 aromatic rings. The van der Waals surface area contributed by atoms with Crippen molar-refractivity contribution >= 4 is 0 Å². The minimum atomic E-state index is -0.0338. The number of rotatable bonds is 4. The summed E-state index contributed by atoms with van der Waals surface area (Å²) in [5.41, 5.74) is 12.2. The number of hydrogen-bond donors (Lipinski definition) is 0. The van der Waals surface area contributed by atoms with Crippen LogP contribution in [-0.4, -0.2) is 0 Å². The van der Waals surface area contributed by atoms with E-state index < -0.39 is 0 Å². The molecule has 2 aromatic carbocycles. The second-order valence-corrected chi connectivity index (χ2v) is 16.8. The molecule has 228 valence electrons. The van der Waals surface area contributed by atoms with E-state index >= 15 is 0 Å². The molecule has 0 N–H and O–H groups in total. The predicted octanol–water partition coefficient (Wildman–Crippen LogP) is 11.7. The minimum absolute atomic E-state index is 0.0338. The molecule has 2 fully saturated rings. The molecule has 0 aromatic heterocycles. The maximum Gasteiger partial charge on any atom is 0.0270 e. The highest BCUT2D eigenvalue weighted by molar-refractivity contribution is 5.51. The first-order valence-electron chi connectivity index (χ1n) is 17.2. The summed E-state index contributed by atoms with van der Waals surface area (Å²) >= 11 is 0. The summed E-state index contributed by atoms with van der Waals surface area (Å²) in [4.78, 5) is 0. The summed E-state index contributed by atoms with van der Waals surface area (Å²) in [7, 11) is 0. The average Bonchev–Trinajstić information content (AvgIpc) is 3.56. The fraction of sp³-hybridized carbons (Fsp3) is 0.535. The van der Waals surface area contributed by atoms with Crippen LogP contribution in [0.15, 0.2) is 95.1 Å². The van der Waals surface area contributed by atoms with Crippen molar-refractivity contribution in [3.8, 4) is 0 Å². The predicted molar refractivity (Wildman–Crippen MR) is 185 cm³/mol. The van der Waals surface area contributed by atoms with Crippen molar-refractivity contribution in [3.63, 3.8) is 0 Å². The molecule has 0 nitrogen and oxygen atoms in total. The first-order chi connectivity index (χ1) is 20.2. The molecule has 0 bridgehead atoms. The molecule has 0 saturated heterocycles. The first kappa shape index (κ1) is 30.4. The molecule has 4 aliphatic rings. The van der Waals surface area contributed by atoms with E-state index in [-0.39, 0.29) is 16.2 Å². The Morgan fingerprint density at radius 2 is 0.860 bits per heavy atom. The van der Waals surface area contributed by atoms with Crippen LogP contribution in [-0.2, 0) is 5.41 Å². The maximum atomic E-state index is 2.76. The van der Waals surface area contributed by atoms with Gasteiger partial charge >= 0.3 is 0 Å². The van der Waals surface area contributed by atoms with Gasteiger partial charge in [-0.25, -0.2) is 0 Å². The van der Waals surface area contributed by atoms with Gasteiger partial charge in [-0.2, -0.15) is 0 Å². The van der Waals surface area contributed by atoms with E-state index in [0.29, 0.717) is 35.5 Å². The third kappa shape index (κ3) is 5.06. The molecule has 6 rings (SSSR count). The zero-order valence-corrected chi connectivity index (χ0v) is 28.7. The second kappa shape index (κ2) is 10.8. The van der Waals surface area contributed by atoms with Crippen LogP contribution in [0.4, 0.5) is 0 Å². The largest absolute Gasteiger partial charge is 0.0772 e. The molecule has 0 heterocycles. The van der Waals surface area contributed by atoms with Gasteiger partial charge in [-0.15, -0.1) is 0 Å². The molecular weight excluding hydrogens is 516 g/mol. The van der Waals surface area contributed by atoms with Crippen LogP contribution in [0, 0.1) is 60.2 Å². The van der Waals surface area contributed by atoms with Crippen LogP contribution in [0.5, 0.6) is 0 Å². The lowest BCUT2D eigenvalue weighted by Gasteiger charge is -2.50. The number of benzene rings is 2. The van der Waals surface area contributed by atoms with Crippen molar-refractivity contribution in [2.45, 2.75) is 100 Å². The third-order valence-electron chi connectivity index (χ3n) is 11.8. The lowest BCUT2D eigenvalue weighted by atomic mass is 9.52. The van der Waals surface area contributed by atoms with Crippen LogP contribution in [0.25, 0.3) is 0 Å². The Morgan fingerprint density at radius 3 is 1.21 bits per heavy atom. The minimum Gasteiger partial charge on any atom is -0.0772 e. The van der Waals surface area contributed by atoms with Gasteiger partial charge in [0.1, 0.15) is 0 Å². The van der Waals surface area contributed by atoms with E-state index in [1.165, 1.54) is 48.0 Å². The van der Waals surface area contributed by atoms with E-state index in [2.05, 4.69) is 142 Å². The fourth-order valence-electron chi connectivity index (χ4n) is 10.2. The molecule has 0 heteroatoms. The Labute approximate surface area is 263 Å². The van der Waals surface area contributed by atoms with Gasteiger partial charge in [-0.1, -0.05) is 149 Å². The van der Waals surface area contributed by atoms with Crippen molar-refractivity contribution < 1.29 is 0 Å². The van der Waals surface area contributed by atoms with Crippen LogP contribution < -0.4 is 0 Å². The SMILES string of the molecule is CC1=CC2C(C=C1C(C)(C)C)C1C=C(C(C)(C)C)C(C)=CC1C2C(c1ccc(C)cc1)(c1ccc(C)cc1)C1CCCC1. The Bertz CT molecular complexity index is 1360. The van der Waals surface area contributed by atoms with Gasteiger partial charge in [0, 0.05) is 5.41 Å². The molecule has 2 saturated carbocycles. The highest BCUT2D eigenvalue weighted by Crippen LogP contribution is 2.66. The van der Waals surface area contributed by atoms with Crippen LogP contribution >= 0.6 is 0 Å². The van der Waals surface area contributed by atoms with Gasteiger partial charge in [-0.05, 0) is 109 Å². The van der Waals surface area contributed by atoms with Crippen LogP contribution in [0.2, 0.25) is 0 Å². The summed E-state index contributed by atoms with van der Waals surface area (Å²) in [6.45, 7) is 23.7. The molecule has 4 unspecified atom stereocenters. The molecule has 43 heavy (non-hydrogen) atoms. The number of allylic oxidation sites excluding steroid dienone is 8. The van der Waals surface area contributed by atoms with Gasteiger partial charge in [0.2, 0.25) is 0 Å². The number of hydrogen-bond acceptors (Lipinski definition) is 0. The van der Waals surface area contributed by atoms with Crippen molar-refractivity contribution in [2.24, 2.45) is 46.3 Å². The molecule has 0 spiro atoms. The monoisotopic (exact) mass is 572 g/mol. The Morgan fingerprint density at radius 1 is 0.488 bits per heavy atom. The van der Waals surface area contributed by atoms with Crippen LogP contribution in [0.1, 0.15) is 103 Å². The Balaban J connectivity index is 1.67. The number of aryl methyl sites for hydroxylation is 2. The fourth-order valence-corrected chi connectivity index (χ4v) is 10.2. The zero-order chi connectivity index (χ0) is 30.9. The van der Waals surface area contributed by atoms with Gasteiger partial charge < -0.3 is 0 Å². The number of fused-ring (bicyclic) bond motifs is 3. The normalized spacial score (nSPS) is 28.1. The lowest BCUT2D eigenvalue weighted by molar-refractivity contribution is 0.157. The quantitative estimate of drug-likeness (QED) is 0.342. The van der Waals surface area contributed by atoms with Gasteiger partial charge in [0.25, 0.3) is 0 Å². The average molecular weight is 573 g/mol. The molecule has 0 aliphatic heterocycles. The summed E-state index contributed by atoms with van der Waals surface area (Å²) < 4.78 is 0. The third-order valence-corrected chi connectivity index (χ3v) is 11.8. The Kier molecular flexibility index (Phi) is 7.63. The van der Waals surface area contributed by atoms with Crippen molar-refractivity contribution in [2.75, 3.05) is 0 Å². The second-order valence-electron chi connectivity index (χ2n) is 16.8. The molecule has 4 aliphatic carbocycles. The van der Waals surface area contributed by atoms with E-state index in [1.54, 1.807) is 22.3 Å². The summed E-state index contributed by atoms with van der Waals surface area (Å²) in [5.74, 6) is 3.19. The molecular formula is C43H56. The molecule has 4 atom stereocenters. The molecule has 0 amide bonds. The Hall–Kier alpha value is -2.60. The topological polar surface area (TPSA) is 0 Å². The van der Waals surface area contributed by atoms with Crippen molar-refractivity contribution in [3.05, 3.63) is 117 Å². The van der Waals surface area contributed by atoms with E-state index in [0.717, 1.165) is 0 Å². The molecule has 0 radical (unpaired) electrons. The highest BCUT2D eigenvalue weighted by atomic mass is 14.6. The van der Waals surface area contributed by atoms with Gasteiger partial charge in [0.05, 0.1) is 0 Å². The summed E-state index contributed by atoms with van der Waals surface area (Å²) in [6.07, 6.45) is 16.4. The smallest absolute Gasteiger partial charge is 0.0270 e. The lowest BCUT2D eigenvalue weighted by Crippen LogP contribution is -2.47. The standard InChI is InChI=1S/C43H56/c1-27-15-19-32(20-16-27)43(31-13-11-12-14-31,33-21-17-28(2)18-22-33)40-36-23-29(3)38(41(5,6)7)25-34(36)35-26-39(42(8,9)10)30(4)24-37(35)40/h15-26,31,34-37,40H,11-14H2,1-10H3. The van der Waals surface area contributed by atoms with Crippen LogP contribution in [0.3, 0.4) is 0 Å².